The number of anilines is 1. The predicted molar refractivity (Wildman–Crippen MR) is 51.8 cm³/mol. The van der Waals surface area contributed by atoms with E-state index in [1.165, 1.54) is 12.3 Å². The molecule has 1 aromatic heterocycles. The van der Waals surface area contributed by atoms with E-state index < -0.39 is 5.95 Å². The van der Waals surface area contributed by atoms with Crippen LogP contribution in [0.15, 0.2) is 18.3 Å². The van der Waals surface area contributed by atoms with Gasteiger partial charge in [0.15, 0.2) is 0 Å². The highest BCUT2D eigenvalue weighted by Gasteiger charge is 2.22. The highest BCUT2D eigenvalue weighted by molar-refractivity contribution is 5.46. The minimum atomic E-state index is -0.427. The van der Waals surface area contributed by atoms with Crippen molar-refractivity contribution in [2.45, 2.75) is 12.5 Å². The number of methoxy groups -OCH3 is 1. The normalized spacial score (nSPS) is 21.6. The Kier molecular flexibility index (Phi) is 2.63. The van der Waals surface area contributed by atoms with E-state index in [9.17, 15) is 4.39 Å². The van der Waals surface area contributed by atoms with Gasteiger partial charge in [-0.2, -0.15) is 4.39 Å². The molecule has 1 aliphatic rings. The zero-order valence-corrected chi connectivity index (χ0v) is 8.11. The first-order chi connectivity index (χ1) is 6.79. The van der Waals surface area contributed by atoms with Crippen molar-refractivity contribution in [3.63, 3.8) is 0 Å². The van der Waals surface area contributed by atoms with Crippen LogP contribution in [0.2, 0.25) is 0 Å². The highest BCUT2D eigenvalue weighted by atomic mass is 19.1. The van der Waals surface area contributed by atoms with Crippen molar-refractivity contribution < 1.29 is 9.13 Å². The summed E-state index contributed by atoms with van der Waals surface area (Å²) in [5.41, 5.74) is 0.886. The van der Waals surface area contributed by atoms with Gasteiger partial charge in [-0.1, -0.05) is 0 Å². The second kappa shape index (κ2) is 3.92. The molecule has 1 aromatic rings. The van der Waals surface area contributed by atoms with Gasteiger partial charge in [-0.05, 0) is 12.5 Å². The molecule has 2 rings (SSSR count). The molecule has 14 heavy (non-hydrogen) atoms. The molecule has 0 saturated carbocycles. The molecule has 0 bridgehead atoms. The molecule has 0 aromatic carbocycles. The van der Waals surface area contributed by atoms with E-state index in [1.807, 2.05) is 6.07 Å². The third-order valence-electron chi connectivity index (χ3n) is 2.55. The summed E-state index contributed by atoms with van der Waals surface area (Å²) in [5, 5.41) is 0. The molecule has 1 saturated heterocycles. The van der Waals surface area contributed by atoms with Crippen LogP contribution in [-0.4, -0.2) is 31.3 Å². The summed E-state index contributed by atoms with van der Waals surface area (Å²) in [7, 11) is 1.71. The maximum atomic E-state index is 12.8. The van der Waals surface area contributed by atoms with Crippen molar-refractivity contribution in [1.82, 2.24) is 4.98 Å². The van der Waals surface area contributed by atoms with Crippen LogP contribution in [0.1, 0.15) is 6.42 Å². The van der Waals surface area contributed by atoms with Gasteiger partial charge < -0.3 is 9.64 Å². The third kappa shape index (κ3) is 1.85. The molecule has 2 heterocycles. The summed E-state index contributed by atoms with van der Waals surface area (Å²) in [6.45, 7) is 1.75. The standard InChI is InChI=1S/C10H13FN2O/c1-14-9-3-5-13(7-9)8-2-4-12-10(11)6-8/h2,4,6,9H,3,5,7H2,1H3. The summed E-state index contributed by atoms with van der Waals surface area (Å²) >= 11 is 0. The number of pyridine rings is 1. The van der Waals surface area contributed by atoms with Gasteiger partial charge in [-0.15, -0.1) is 0 Å². The molecular formula is C10H13FN2O. The lowest BCUT2D eigenvalue weighted by Gasteiger charge is -2.17. The van der Waals surface area contributed by atoms with Crippen LogP contribution < -0.4 is 4.90 Å². The van der Waals surface area contributed by atoms with Gasteiger partial charge in [0.1, 0.15) is 0 Å². The monoisotopic (exact) mass is 196 g/mol. The average Bonchev–Trinajstić information content (AvgIpc) is 2.66. The molecule has 1 fully saturated rings. The second-order valence-corrected chi connectivity index (χ2v) is 3.43. The van der Waals surface area contributed by atoms with Gasteiger partial charge in [0.25, 0.3) is 0 Å². The van der Waals surface area contributed by atoms with Gasteiger partial charge in [-0.25, -0.2) is 4.98 Å². The predicted octanol–water partition coefficient (Wildman–Crippen LogP) is 1.45. The molecule has 1 unspecified atom stereocenters. The average molecular weight is 196 g/mol. The van der Waals surface area contributed by atoms with Crippen LogP contribution in [0.5, 0.6) is 0 Å². The van der Waals surface area contributed by atoms with Crippen molar-refractivity contribution in [3.8, 4) is 0 Å². The quantitative estimate of drug-likeness (QED) is 0.669. The number of ether oxygens (including phenoxy) is 1. The lowest BCUT2D eigenvalue weighted by Crippen LogP contribution is -2.22. The van der Waals surface area contributed by atoms with Crippen molar-refractivity contribution in [2.75, 3.05) is 25.1 Å². The van der Waals surface area contributed by atoms with Crippen LogP contribution >= 0.6 is 0 Å². The van der Waals surface area contributed by atoms with E-state index in [4.69, 9.17) is 4.74 Å². The Balaban J connectivity index is 2.09. The number of aromatic nitrogens is 1. The number of halogens is 1. The Morgan fingerprint density at radius 2 is 2.50 bits per heavy atom. The Morgan fingerprint density at radius 1 is 1.64 bits per heavy atom. The molecule has 76 valence electrons. The van der Waals surface area contributed by atoms with Crippen LogP contribution in [-0.2, 0) is 4.74 Å². The maximum absolute atomic E-state index is 12.8. The molecule has 3 nitrogen and oxygen atoms in total. The van der Waals surface area contributed by atoms with Gasteiger partial charge in [0.05, 0.1) is 6.10 Å². The molecule has 0 aliphatic carbocycles. The van der Waals surface area contributed by atoms with E-state index in [0.717, 1.165) is 25.2 Å². The second-order valence-electron chi connectivity index (χ2n) is 3.43. The largest absolute Gasteiger partial charge is 0.380 e. The molecule has 1 atom stereocenters. The molecule has 0 amide bonds. The molecule has 1 aliphatic heterocycles. The molecule has 4 heteroatoms. The summed E-state index contributed by atoms with van der Waals surface area (Å²) in [5.74, 6) is -0.427. The fourth-order valence-electron chi connectivity index (χ4n) is 1.74. The third-order valence-corrected chi connectivity index (χ3v) is 2.55. The number of rotatable bonds is 2. The zero-order chi connectivity index (χ0) is 9.97. The summed E-state index contributed by atoms with van der Waals surface area (Å²) in [6, 6.07) is 3.28. The SMILES string of the molecule is COC1CCN(c2ccnc(F)c2)C1. The van der Waals surface area contributed by atoms with Crippen molar-refractivity contribution in [2.24, 2.45) is 0 Å². The lowest BCUT2D eigenvalue weighted by atomic mass is 10.3. The van der Waals surface area contributed by atoms with E-state index in [2.05, 4.69) is 9.88 Å². The fourth-order valence-corrected chi connectivity index (χ4v) is 1.74. The molecular weight excluding hydrogens is 183 g/mol. The Morgan fingerprint density at radius 3 is 3.14 bits per heavy atom. The number of hydrogen-bond acceptors (Lipinski definition) is 3. The minimum absolute atomic E-state index is 0.270. The van der Waals surface area contributed by atoms with Crippen LogP contribution in [0, 0.1) is 5.95 Å². The van der Waals surface area contributed by atoms with Crippen molar-refractivity contribution in [3.05, 3.63) is 24.3 Å². The van der Waals surface area contributed by atoms with Crippen molar-refractivity contribution in [1.29, 1.82) is 0 Å². The molecule has 0 radical (unpaired) electrons. The van der Waals surface area contributed by atoms with E-state index >= 15 is 0 Å². The van der Waals surface area contributed by atoms with Crippen molar-refractivity contribution >= 4 is 5.69 Å². The van der Waals surface area contributed by atoms with Gasteiger partial charge >= 0.3 is 0 Å². The summed E-state index contributed by atoms with van der Waals surface area (Å²) in [6.07, 6.45) is 2.76. The van der Waals surface area contributed by atoms with Crippen LogP contribution in [0.4, 0.5) is 10.1 Å². The first-order valence-corrected chi connectivity index (χ1v) is 4.69. The first kappa shape index (κ1) is 9.40. The fraction of sp³-hybridized carbons (Fsp3) is 0.500. The van der Waals surface area contributed by atoms with E-state index in [0.29, 0.717) is 0 Å². The number of nitrogens with zero attached hydrogens (tertiary/aromatic N) is 2. The lowest BCUT2D eigenvalue weighted by molar-refractivity contribution is 0.121. The minimum Gasteiger partial charge on any atom is -0.380 e. The number of hydrogen-bond donors (Lipinski definition) is 0. The topological polar surface area (TPSA) is 25.4 Å². The van der Waals surface area contributed by atoms with Gasteiger partial charge in [-0.3, -0.25) is 0 Å². The highest BCUT2D eigenvalue weighted by Crippen LogP contribution is 2.21. The Labute approximate surface area is 82.5 Å². The van der Waals surface area contributed by atoms with Gasteiger partial charge in [0.2, 0.25) is 5.95 Å². The smallest absolute Gasteiger partial charge is 0.214 e. The Hall–Kier alpha value is -1.16. The summed E-state index contributed by atoms with van der Waals surface area (Å²) < 4.78 is 18.1. The van der Waals surface area contributed by atoms with E-state index in [1.54, 1.807) is 7.11 Å². The summed E-state index contributed by atoms with van der Waals surface area (Å²) in [4.78, 5) is 5.64. The van der Waals surface area contributed by atoms with Gasteiger partial charge in [0, 0.05) is 38.1 Å². The van der Waals surface area contributed by atoms with Crippen LogP contribution in [0.3, 0.4) is 0 Å². The molecule has 0 N–H and O–H groups in total. The Bertz CT molecular complexity index is 319. The zero-order valence-electron chi connectivity index (χ0n) is 8.11. The van der Waals surface area contributed by atoms with Crippen LogP contribution in [0.25, 0.3) is 0 Å². The maximum Gasteiger partial charge on any atom is 0.214 e. The van der Waals surface area contributed by atoms with E-state index in [-0.39, 0.29) is 6.10 Å². The first-order valence-electron chi connectivity index (χ1n) is 4.69. The molecule has 0 spiro atoms.